The van der Waals surface area contributed by atoms with Gasteiger partial charge < -0.3 is 9.47 Å². The molecule has 3 nitrogen and oxygen atoms in total. The molecule has 18 heavy (non-hydrogen) atoms. The molecule has 0 N–H and O–H groups in total. The van der Waals surface area contributed by atoms with Crippen LogP contribution in [-0.4, -0.2) is 12.9 Å². The van der Waals surface area contributed by atoms with Crippen LogP contribution >= 0.6 is 0 Å². The fourth-order valence-corrected chi connectivity index (χ4v) is 1.60. The summed E-state index contributed by atoms with van der Waals surface area (Å²) in [5, 5.41) is 0. The highest BCUT2D eigenvalue weighted by molar-refractivity contribution is 5.79. The number of rotatable bonds is 5. The molecule has 3 heteroatoms. The van der Waals surface area contributed by atoms with Crippen molar-refractivity contribution < 1.29 is 14.3 Å². The van der Waals surface area contributed by atoms with Crippen LogP contribution < -0.4 is 9.47 Å². The first-order valence-electron chi connectivity index (χ1n) is 5.79. The molecule has 2 aromatic rings. The molecule has 0 atom stereocenters. The molecule has 0 bridgehead atoms. The predicted octanol–water partition coefficient (Wildman–Crippen LogP) is 3.69. The molecule has 0 unspecified atom stereocenters. The Hall–Kier alpha value is -2.29. The molecule has 0 aliphatic heterocycles. The summed E-state index contributed by atoms with van der Waals surface area (Å²) >= 11 is 0. The second-order valence-corrected chi connectivity index (χ2v) is 3.64. The molecule has 0 aliphatic rings. The quantitative estimate of drug-likeness (QED) is 0.750. The molecule has 0 amide bonds. The maximum Gasteiger partial charge on any atom is 0.169 e. The highest BCUT2D eigenvalue weighted by atomic mass is 16.5. The number of benzene rings is 2. The van der Waals surface area contributed by atoms with Crippen LogP contribution in [0.2, 0.25) is 0 Å². The normalized spacial score (nSPS) is 9.83. The highest BCUT2D eigenvalue weighted by Crippen LogP contribution is 2.32. The Kier molecular flexibility index (Phi) is 3.97. The van der Waals surface area contributed by atoms with Crippen molar-refractivity contribution in [2.45, 2.75) is 6.92 Å². The molecule has 92 valence electrons. The lowest BCUT2D eigenvalue weighted by Gasteiger charge is -2.12. The first-order valence-corrected chi connectivity index (χ1v) is 5.79. The van der Waals surface area contributed by atoms with Crippen molar-refractivity contribution in [3.63, 3.8) is 0 Å². The second-order valence-electron chi connectivity index (χ2n) is 3.64. The van der Waals surface area contributed by atoms with E-state index < -0.39 is 0 Å². The van der Waals surface area contributed by atoms with Crippen LogP contribution in [0.5, 0.6) is 17.2 Å². The number of ether oxygens (including phenoxy) is 2. The van der Waals surface area contributed by atoms with Gasteiger partial charge in [-0.2, -0.15) is 0 Å². The number of carbonyl (C=O) groups is 1. The van der Waals surface area contributed by atoms with Crippen molar-refractivity contribution in [1.29, 1.82) is 0 Å². The Morgan fingerprint density at radius 1 is 0.944 bits per heavy atom. The smallest absolute Gasteiger partial charge is 0.169 e. The summed E-state index contributed by atoms with van der Waals surface area (Å²) in [4.78, 5) is 10.9. The molecule has 2 rings (SSSR count). The Labute approximate surface area is 106 Å². The van der Waals surface area contributed by atoms with E-state index in [9.17, 15) is 4.79 Å². The van der Waals surface area contributed by atoms with Crippen LogP contribution in [0.3, 0.4) is 0 Å². The Bertz CT molecular complexity index is 535. The van der Waals surface area contributed by atoms with Gasteiger partial charge >= 0.3 is 0 Å². The Morgan fingerprint density at radius 2 is 1.56 bits per heavy atom. The number of hydrogen-bond acceptors (Lipinski definition) is 3. The first-order chi connectivity index (χ1) is 8.85. The molecule has 0 saturated heterocycles. The minimum Gasteiger partial charge on any atom is -0.490 e. The number of hydrogen-bond donors (Lipinski definition) is 0. The third-order valence-electron chi connectivity index (χ3n) is 2.41. The average Bonchev–Trinajstić information content (AvgIpc) is 2.42. The van der Waals surface area contributed by atoms with E-state index >= 15 is 0 Å². The molecule has 0 spiro atoms. The van der Waals surface area contributed by atoms with Crippen LogP contribution in [0.1, 0.15) is 17.3 Å². The maximum atomic E-state index is 10.9. The largest absolute Gasteiger partial charge is 0.490 e. The lowest BCUT2D eigenvalue weighted by Crippen LogP contribution is -1.96. The molecular formula is C15H14O3. The average molecular weight is 242 g/mol. The molecule has 0 fully saturated rings. The first kappa shape index (κ1) is 12.2. The zero-order valence-corrected chi connectivity index (χ0v) is 10.1. The van der Waals surface area contributed by atoms with E-state index in [0.717, 1.165) is 6.29 Å². The summed E-state index contributed by atoms with van der Waals surface area (Å²) in [6.07, 6.45) is 0.776. The zero-order chi connectivity index (χ0) is 12.8. The van der Waals surface area contributed by atoms with Crippen molar-refractivity contribution in [2.24, 2.45) is 0 Å². The second kappa shape index (κ2) is 5.87. The minimum absolute atomic E-state index is 0.517. The van der Waals surface area contributed by atoms with E-state index in [1.54, 1.807) is 18.2 Å². The van der Waals surface area contributed by atoms with Crippen molar-refractivity contribution in [3.8, 4) is 17.2 Å². The molecular weight excluding hydrogens is 228 g/mol. The van der Waals surface area contributed by atoms with E-state index in [1.165, 1.54) is 0 Å². The van der Waals surface area contributed by atoms with Crippen molar-refractivity contribution in [1.82, 2.24) is 0 Å². The lowest BCUT2D eigenvalue weighted by atomic mass is 10.2. The zero-order valence-electron chi connectivity index (χ0n) is 10.1. The van der Waals surface area contributed by atoms with Gasteiger partial charge in [0.15, 0.2) is 17.8 Å². The van der Waals surface area contributed by atoms with Crippen LogP contribution in [0, 0.1) is 0 Å². The van der Waals surface area contributed by atoms with Gasteiger partial charge in [-0.15, -0.1) is 0 Å². The number of aldehydes is 1. The molecule has 0 radical (unpaired) electrons. The van der Waals surface area contributed by atoms with Crippen molar-refractivity contribution in [3.05, 3.63) is 54.1 Å². The standard InChI is InChI=1S/C15H14O3/c1-2-17-14-9-5-6-10-15(14)18-13-8-4-3-7-12(13)11-16/h3-11H,2H2,1H3. The van der Waals surface area contributed by atoms with Crippen LogP contribution in [0.15, 0.2) is 48.5 Å². The molecule has 0 heterocycles. The summed E-state index contributed by atoms with van der Waals surface area (Å²) in [6.45, 7) is 2.48. The summed E-state index contributed by atoms with van der Waals surface area (Å²) in [6, 6.07) is 14.5. The van der Waals surface area contributed by atoms with Gasteiger partial charge in [-0.05, 0) is 31.2 Å². The maximum absolute atomic E-state index is 10.9. The fourth-order valence-electron chi connectivity index (χ4n) is 1.60. The van der Waals surface area contributed by atoms with Gasteiger partial charge in [-0.3, -0.25) is 4.79 Å². The van der Waals surface area contributed by atoms with Crippen LogP contribution in [0.4, 0.5) is 0 Å². The van der Waals surface area contributed by atoms with E-state index in [2.05, 4.69) is 0 Å². The van der Waals surface area contributed by atoms with E-state index in [0.29, 0.717) is 29.4 Å². The highest BCUT2D eigenvalue weighted by Gasteiger charge is 2.07. The Balaban J connectivity index is 2.31. The molecule has 0 aliphatic carbocycles. The third-order valence-corrected chi connectivity index (χ3v) is 2.41. The van der Waals surface area contributed by atoms with Gasteiger partial charge in [0, 0.05) is 0 Å². The fraction of sp³-hybridized carbons (Fsp3) is 0.133. The number of carbonyl (C=O) groups excluding carboxylic acids is 1. The van der Waals surface area contributed by atoms with Gasteiger partial charge in [0.25, 0.3) is 0 Å². The lowest BCUT2D eigenvalue weighted by molar-refractivity contribution is 0.112. The minimum atomic E-state index is 0.517. The predicted molar refractivity (Wildman–Crippen MR) is 69.5 cm³/mol. The van der Waals surface area contributed by atoms with Gasteiger partial charge in [-0.25, -0.2) is 0 Å². The van der Waals surface area contributed by atoms with Gasteiger partial charge in [0.1, 0.15) is 5.75 Å². The van der Waals surface area contributed by atoms with Gasteiger partial charge in [-0.1, -0.05) is 24.3 Å². The van der Waals surface area contributed by atoms with Gasteiger partial charge in [0.05, 0.1) is 12.2 Å². The SMILES string of the molecule is CCOc1ccccc1Oc1ccccc1C=O. The monoisotopic (exact) mass is 242 g/mol. The van der Waals surface area contributed by atoms with E-state index in [1.807, 2.05) is 37.3 Å². The van der Waals surface area contributed by atoms with Gasteiger partial charge in [0.2, 0.25) is 0 Å². The topological polar surface area (TPSA) is 35.5 Å². The molecule has 0 aromatic heterocycles. The summed E-state index contributed by atoms with van der Waals surface area (Å²) in [5.74, 6) is 1.80. The third kappa shape index (κ3) is 2.69. The molecule has 0 saturated carbocycles. The van der Waals surface area contributed by atoms with Crippen LogP contribution in [-0.2, 0) is 0 Å². The van der Waals surface area contributed by atoms with Crippen LogP contribution in [0.25, 0.3) is 0 Å². The van der Waals surface area contributed by atoms with E-state index in [4.69, 9.17) is 9.47 Å². The number of para-hydroxylation sites is 3. The van der Waals surface area contributed by atoms with Crippen molar-refractivity contribution in [2.75, 3.05) is 6.61 Å². The summed E-state index contributed by atoms with van der Waals surface area (Å²) < 4.78 is 11.2. The molecule has 2 aromatic carbocycles. The van der Waals surface area contributed by atoms with Crippen molar-refractivity contribution >= 4 is 6.29 Å². The summed E-state index contributed by atoms with van der Waals surface area (Å²) in [5.41, 5.74) is 0.517. The van der Waals surface area contributed by atoms with E-state index in [-0.39, 0.29) is 0 Å². The summed E-state index contributed by atoms with van der Waals surface area (Å²) in [7, 11) is 0. The Morgan fingerprint density at radius 3 is 2.22 bits per heavy atom.